The number of carbonyl (C=O) groups excluding carboxylic acids is 1. The number of hydrogen-bond acceptors (Lipinski definition) is 3. The lowest BCUT2D eigenvalue weighted by atomic mass is 10.2. The van der Waals surface area contributed by atoms with Crippen LogP contribution in [-0.2, 0) is 4.79 Å². The summed E-state index contributed by atoms with van der Waals surface area (Å²) in [4.78, 5) is 15.6. The van der Waals surface area contributed by atoms with E-state index in [0.717, 1.165) is 16.6 Å². The van der Waals surface area contributed by atoms with Crippen LogP contribution in [-0.4, -0.2) is 21.1 Å². The molecule has 0 radical (unpaired) electrons. The molecule has 0 aliphatic rings. The van der Waals surface area contributed by atoms with E-state index in [9.17, 15) is 4.79 Å². The van der Waals surface area contributed by atoms with Gasteiger partial charge in [-0.15, -0.1) is 0 Å². The molecule has 0 bridgehead atoms. The molecule has 2 rings (SSSR count). The van der Waals surface area contributed by atoms with Gasteiger partial charge in [0.1, 0.15) is 0 Å². The second kappa shape index (κ2) is 3.92. The van der Waals surface area contributed by atoms with E-state index in [1.54, 1.807) is 6.92 Å². The Kier molecular flexibility index (Phi) is 2.60. The topological polar surface area (TPSA) is 70.7 Å². The fraction of sp³-hybridized carbons (Fsp3) is 0.364. The van der Waals surface area contributed by atoms with E-state index in [0.29, 0.717) is 17.9 Å². The summed E-state index contributed by atoms with van der Waals surface area (Å²) in [5.74, 6) is 0.514. The summed E-state index contributed by atoms with van der Waals surface area (Å²) in [6.07, 6.45) is 0.437. The molecule has 0 aromatic carbocycles. The zero-order valence-corrected chi connectivity index (χ0v) is 9.59. The molecule has 0 aliphatic carbocycles. The molecule has 5 heteroatoms. The summed E-state index contributed by atoms with van der Waals surface area (Å²) in [6.45, 7) is 5.71. The largest absolute Gasteiger partial charge is 0.309 e. The number of nitrogens with one attached hydrogen (secondary N) is 2. The highest BCUT2D eigenvalue weighted by molar-refractivity contribution is 5.99. The zero-order valence-electron chi connectivity index (χ0n) is 9.59. The van der Waals surface area contributed by atoms with Crippen LogP contribution in [0.2, 0.25) is 0 Å². The lowest BCUT2D eigenvalue weighted by molar-refractivity contribution is -0.115. The van der Waals surface area contributed by atoms with Gasteiger partial charge in [-0.2, -0.15) is 5.10 Å². The van der Waals surface area contributed by atoms with Crippen LogP contribution < -0.4 is 5.32 Å². The van der Waals surface area contributed by atoms with E-state index in [-0.39, 0.29) is 5.91 Å². The Hall–Kier alpha value is -1.91. The molecule has 0 aliphatic heterocycles. The number of anilines is 1. The van der Waals surface area contributed by atoms with Crippen molar-refractivity contribution in [1.82, 2.24) is 15.2 Å². The number of hydrogen-bond donors (Lipinski definition) is 2. The van der Waals surface area contributed by atoms with Gasteiger partial charge in [-0.1, -0.05) is 6.92 Å². The molecule has 0 fully saturated rings. The molecule has 2 aromatic heterocycles. The highest BCUT2D eigenvalue weighted by Crippen LogP contribution is 2.23. The maximum absolute atomic E-state index is 11.3. The van der Waals surface area contributed by atoms with Crippen LogP contribution in [0.25, 0.3) is 11.0 Å². The maximum atomic E-state index is 11.3. The Morgan fingerprint density at radius 3 is 2.94 bits per heavy atom. The third-order valence-electron chi connectivity index (χ3n) is 2.43. The van der Waals surface area contributed by atoms with Crippen molar-refractivity contribution in [2.24, 2.45) is 0 Å². The van der Waals surface area contributed by atoms with Gasteiger partial charge in [-0.3, -0.25) is 9.89 Å². The molecular weight excluding hydrogens is 204 g/mol. The number of nitrogens with zero attached hydrogens (tertiary/aromatic N) is 2. The first-order valence-corrected chi connectivity index (χ1v) is 5.24. The molecule has 2 aromatic rings. The Bertz CT molecular complexity index is 544. The Morgan fingerprint density at radius 2 is 2.25 bits per heavy atom. The second-order valence-electron chi connectivity index (χ2n) is 3.78. The molecule has 84 valence electrons. The maximum Gasteiger partial charge on any atom is 0.225 e. The van der Waals surface area contributed by atoms with Gasteiger partial charge in [-0.25, -0.2) is 4.98 Å². The highest BCUT2D eigenvalue weighted by Gasteiger charge is 2.11. The standard InChI is InChI=1S/C11H14N4O/c1-4-8(16)13-11-9-6(2)5-7(3)12-10(9)14-15-11/h5H,4H2,1-3H3,(H2,12,13,14,15,16). The van der Waals surface area contributed by atoms with E-state index in [1.807, 2.05) is 19.9 Å². The first-order valence-electron chi connectivity index (χ1n) is 5.24. The van der Waals surface area contributed by atoms with Crippen LogP contribution in [0.15, 0.2) is 6.07 Å². The van der Waals surface area contributed by atoms with Crippen LogP contribution in [0.1, 0.15) is 24.6 Å². The summed E-state index contributed by atoms with van der Waals surface area (Å²) in [6, 6.07) is 1.97. The molecule has 5 nitrogen and oxygen atoms in total. The minimum absolute atomic E-state index is 0.0478. The van der Waals surface area contributed by atoms with Crippen molar-refractivity contribution >= 4 is 22.8 Å². The first-order chi connectivity index (χ1) is 7.61. The summed E-state index contributed by atoms with van der Waals surface area (Å²) >= 11 is 0. The van der Waals surface area contributed by atoms with Crippen molar-refractivity contribution in [2.45, 2.75) is 27.2 Å². The number of aromatic amines is 1. The number of aromatic nitrogens is 3. The number of rotatable bonds is 2. The van der Waals surface area contributed by atoms with Gasteiger partial charge >= 0.3 is 0 Å². The van der Waals surface area contributed by atoms with E-state index >= 15 is 0 Å². The smallest absolute Gasteiger partial charge is 0.225 e. The predicted octanol–water partition coefficient (Wildman–Crippen LogP) is 1.92. The normalized spacial score (nSPS) is 10.7. The quantitative estimate of drug-likeness (QED) is 0.809. The molecule has 0 spiro atoms. The molecule has 0 saturated heterocycles. The van der Waals surface area contributed by atoms with E-state index in [4.69, 9.17) is 0 Å². The fourth-order valence-electron chi connectivity index (χ4n) is 1.69. The molecule has 0 unspecified atom stereocenters. The monoisotopic (exact) mass is 218 g/mol. The van der Waals surface area contributed by atoms with E-state index < -0.39 is 0 Å². The van der Waals surface area contributed by atoms with E-state index in [2.05, 4.69) is 20.5 Å². The van der Waals surface area contributed by atoms with Gasteiger partial charge in [0.25, 0.3) is 0 Å². The molecule has 0 saturated carbocycles. The van der Waals surface area contributed by atoms with Gasteiger partial charge in [0.05, 0.1) is 5.39 Å². The minimum Gasteiger partial charge on any atom is -0.309 e. The number of H-pyrrole nitrogens is 1. The van der Waals surface area contributed by atoms with Gasteiger partial charge in [-0.05, 0) is 25.5 Å². The molecule has 2 N–H and O–H groups in total. The predicted molar refractivity (Wildman–Crippen MR) is 62.3 cm³/mol. The SMILES string of the molecule is CCC(=O)Nc1n[nH]c2nc(C)cc(C)c12. The third-order valence-corrected chi connectivity index (χ3v) is 2.43. The van der Waals surface area contributed by atoms with Crippen molar-refractivity contribution in [3.05, 3.63) is 17.3 Å². The number of carbonyl (C=O) groups is 1. The number of aryl methyl sites for hydroxylation is 2. The van der Waals surface area contributed by atoms with Crippen molar-refractivity contribution in [1.29, 1.82) is 0 Å². The molecule has 16 heavy (non-hydrogen) atoms. The Labute approximate surface area is 93.3 Å². The van der Waals surface area contributed by atoms with E-state index in [1.165, 1.54) is 0 Å². The summed E-state index contributed by atoms with van der Waals surface area (Å²) in [5, 5.41) is 10.5. The molecule has 0 atom stereocenters. The molecular formula is C11H14N4O. The lowest BCUT2D eigenvalue weighted by Crippen LogP contribution is -2.10. The second-order valence-corrected chi connectivity index (χ2v) is 3.78. The average Bonchev–Trinajstić information content (AvgIpc) is 2.61. The van der Waals surface area contributed by atoms with Gasteiger partial charge in [0.2, 0.25) is 5.91 Å². The van der Waals surface area contributed by atoms with Crippen molar-refractivity contribution in [2.75, 3.05) is 5.32 Å². The third kappa shape index (κ3) is 1.76. The molecule has 1 amide bonds. The van der Waals surface area contributed by atoms with Crippen molar-refractivity contribution in [3.8, 4) is 0 Å². The first kappa shape index (κ1) is 10.6. The Balaban J connectivity index is 2.52. The van der Waals surface area contributed by atoms with Crippen LogP contribution in [0.3, 0.4) is 0 Å². The minimum atomic E-state index is -0.0478. The zero-order chi connectivity index (χ0) is 11.7. The number of fused-ring (bicyclic) bond motifs is 1. The van der Waals surface area contributed by atoms with Crippen LogP contribution in [0.4, 0.5) is 5.82 Å². The van der Waals surface area contributed by atoms with Crippen LogP contribution >= 0.6 is 0 Å². The number of pyridine rings is 1. The van der Waals surface area contributed by atoms with Gasteiger partial charge < -0.3 is 5.32 Å². The summed E-state index contributed by atoms with van der Waals surface area (Å²) in [7, 11) is 0. The summed E-state index contributed by atoms with van der Waals surface area (Å²) < 4.78 is 0. The van der Waals surface area contributed by atoms with Crippen molar-refractivity contribution in [3.63, 3.8) is 0 Å². The van der Waals surface area contributed by atoms with Crippen LogP contribution in [0, 0.1) is 13.8 Å². The average molecular weight is 218 g/mol. The number of amides is 1. The lowest BCUT2D eigenvalue weighted by Gasteiger charge is -2.02. The Morgan fingerprint density at radius 1 is 1.50 bits per heavy atom. The summed E-state index contributed by atoms with van der Waals surface area (Å²) in [5.41, 5.74) is 2.70. The van der Waals surface area contributed by atoms with Gasteiger partial charge in [0, 0.05) is 12.1 Å². The van der Waals surface area contributed by atoms with Crippen molar-refractivity contribution < 1.29 is 4.79 Å². The fourth-order valence-corrected chi connectivity index (χ4v) is 1.69. The highest BCUT2D eigenvalue weighted by atomic mass is 16.1. The van der Waals surface area contributed by atoms with Crippen LogP contribution in [0.5, 0.6) is 0 Å². The molecule has 2 heterocycles. The van der Waals surface area contributed by atoms with Gasteiger partial charge in [0.15, 0.2) is 11.5 Å².